The van der Waals surface area contributed by atoms with Gasteiger partial charge in [0.1, 0.15) is 17.4 Å². The molecule has 0 saturated carbocycles. The fourth-order valence-electron chi connectivity index (χ4n) is 2.92. The average Bonchev–Trinajstić information content (AvgIpc) is 3.18. The largest absolute Gasteiger partial charge is 0.368 e. The first-order valence-electron chi connectivity index (χ1n) is 9.25. The van der Waals surface area contributed by atoms with Gasteiger partial charge < -0.3 is 10.6 Å². The van der Waals surface area contributed by atoms with Crippen LogP contribution < -0.4 is 10.6 Å². The molecule has 0 saturated heterocycles. The van der Waals surface area contributed by atoms with Crippen LogP contribution in [0, 0.1) is 17.1 Å². The highest BCUT2D eigenvalue weighted by Crippen LogP contribution is 2.17. The second-order valence-corrected chi connectivity index (χ2v) is 7.00. The Hall–Kier alpha value is -3.70. The normalized spacial score (nSPS) is 10.7. The molecule has 0 bridgehead atoms. The third-order valence-corrected chi connectivity index (χ3v) is 4.72. The number of hydrogen-bond acceptors (Lipinski definition) is 6. The zero-order valence-corrected chi connectivity index (χ0v) is 16.6. The van der Waals surface area contributed by atoms with Crippen LogP contribution in [-0.2, 0) is 13.0 Å². The van der Waals surface area contributed by atoms with Crippen LogP contribution in [-0.4, -0.2) is 26.1 Å². The fourth-order valence-corrected chi connectivity index (χ4v) is 3.05. The van der Waals surface area contributed by atoms with E-state index < -0.39 is 0 Å². The second-order valence-electron chi connectivity index (χ2n) is 6.56. The highest BCUT2D eigenvalue weighted by atomic mass is 35.5. The molecule has 0 aliphatic rings. The van der Waals surface area contributed by atoms with E-state index in [1.807, 2.05) is 24.3 Å². The molecule has 0 aliphatic heterocycles. The Kier molecular flexibility index (Phi) is 5.72. The standard InChI is InChI=1S/C21H17ClFN7/c22-17-5-1-15(2-6-17)12-26-20-28-21-27-13-16(11-24)19(30(21)29-20)25-10-9-14-3-7-18(23)8-4-14/h1-8,13,25H,9-10,12H2,(H,26,29). The maximum Gasteiger partial charge on any atom is 0.255 e. The van der Waals surface area contributed by atoms with E-state index in [1.165, 1.54) is 22.8 Å². The Morgan fingerprint density at radius 2 is 1.77 bits per heavy atom. The van der Waals surface area contributed by atoms with Gasteiger partial charge in [-0.1, -0.05) is 35.9 Å². The van der Waals surface area contributed by atoms with Gasteiger partial charge in [0.05, 0.1) is 6.20 Å². The average molecular weight is 422 g/mol. The summed E-state index contributed by atoms with van der Waals surface area (Å²) in [6.07, 6.45) is 2.12. The van der Waals surface area contributed by atoms with Gasteiger partial charge in [-0.25, -0.2) is 9.37 Å². The lowest BCUT2D eigenvalue weighted by atomic mass is 10.1. The Labute approximate surface area is 177 Å². The fraction of sp³-hybridized carbons (Fsp3) is 0.143. The molecule has 2 heterocycles. The van der Waals surface area contributed by atoms with Crippen LogP contribution in [0.25, 0.3) is 5.78 Å². The number of fused-ring (bicyclic) bond motifs is 1. The van der Waals surface area contributed by atoms with Crippen molar-refractivity contribution >= 4 is 29.1 Å². The number of anilines is 2. The minimum absolute atomic E-state index is 0.268. The predicted octanol–water partition coefficient (Wildman–Crippen LogP) is 4.06. The van der Waals surface area contributed by atoms with Crippen molar-refractivity contribution in [3.63, 3.8) is 0 Å². The lowest BCUT2D eigenvalue weighted by Gasteiger charge is -2.09. The minimum atomic E-state index is -0.268. The maximum absolute atomic E-state index is 13.0. The summed E-state index contributed by atoms with van der Waals surface area (Å²) in [4.78, 5) is 8.57. The molecule has 4 aromatic rings. The highest BCUT2D eigenvalue weighted by Gasteiger charge is 2.13. The zero-order valence-electron chi connectivity index (χ0n) is 15.8. The molecular formula is C21H17ClFN7. The van der Waals surface area contributed by atoms with Crippen LogP contribution in [0.15, 0.2) is 54.7 Å². The first-order valence-corrected chi connectivity index (χ1v) is 9.62. The number of nitrogens with zero attached hydrogens (tertiary/aromatic N) is 5. The molecule has 7 nitrogen and oxygen atoms in total. The summed E-state index contributed by atoms with van der Waals surface area (Å²) in [5, 5.41) is 20.9. The van der Waals surface area contributed by atoms with E-state index in [4.69, 9.17) is 11.6 Å². The Morgan fingerprint density at radius 3 is 2.50 bits per heavy atom. The molecule has 0 unspecified atom stereocenters. The zero-order chi connectivity index (χ0) is 20.9. The van der Waals surface area contributed by atoms with Crippen molar-refractivity contribution in [2.45, 2.75) is 13.0 Å². The summed E-state index contributed by atoms with van der Waals surface area (Å²) in [5.74, 6) is 1.01. The van der Waals surface area contributed by atoms with Gasteiger partial charge in [-0.2, -0.15) is 14.8 Å². The van der Waals surface area contributed by atoms with Crippen molar-refractivity contribution in [2.24, 2.45) is 0 Å². The summed E-state index contributed by atoms with van der Waals surface area (Å²) in [7, 11) is 0. The van der Waals surface area contributed by atoms with Gasteiger partial charge in [-0.15, -0.1) is 5.10 Å². The van der Waals surface area contributed by atoms with Crippen molar-refractivity contribution in [3.05, 3.63) is 82.3 Å². The molecule has 9 heteroatoms. The number of nitrogens with one attached hydrogen (secondary N) is 2. The summed E-state index contributed by atoms with van der Waals surface area (Å²) in [5.41, 5.74) is 2.37. The number of halogens is 2. The molecule has 150 valence electrons. The number of hydrogen-bond donors (Lipinski definition) is 2. The molecule has 4 rings (SSSR count). The number of benzene rings is 2. The minimum Gasteiger partial charge on any atom is -0.368 e. The Morgan fingerprint density at radius 1 is 1.03 bits per heavy atom. The smallest absolute Gasteiger partial charge is 0.255 e. The first-order chi connectivity index (χ1) is 14.6. The third kappa shape index (κ3) is 4.47. The highest BCUT2D eigenvalue weighted by molar-refractivity contribution is 6.30. The van der Waals surface area contributed by atoms with Gasteiger partial charge in [0.25, 0.3) is 5.78 Å². The van der Waals surface area contributed by atoms with Gasteiger partial charge >= 0.3 is 0 Å². The molecule has 0 atom stereocenters. The monoisotopic (exact) mass is 421 g/mol. The van der Waals surface area contributed by atoms with Crippen molar-refractivity contribution in [3.8, 4) is 6.07 Å². The summed E-state index contributed by atoms with van der Waals surface area (Å²) < 4.78 is 14.6. The van der Waals surface area contributed by atoms with E-state index in [1.54, 1.807) is 12.1 Å². The van der Waals surface area contributed by atoms with Crippen LogP contribution in [0.4, 0.5) is 16.2 Å². The molecule has 2 N–H and O–H groups in total. The van der Waals surface area contributed by atoms with Crippen LogP contribution in [0.5, 0.6) is 0 Å². The van der Waals surface area contributed by atoms with E-state index in [2.05, 4.69) is 31.8 Å². The molecule has 30 heavy (non-hydrogen) atoms. The maximum atomic E-state index is 13.0. The topological polar surface area (TPSA) is 90.9 Å². The molecule has 0 spiro atoms. The lowest BCUT2D eigenvalue weighted by Crippen LogP contribution is -2.11. The van der Waals surface area contributed by atoms with Gasteiger partial charge in [0, 0.05) is 18.1 Å². The van der Waals surface area contributed by atoms with Gasteiger partial charge in [0.2, 0.25) is 5.95 Å². The third-order valence-electron chi connectivity index (χ3n) is 4.47. The van der Waals surface area contributed by atoms with Gasteiger partial charge in [-0.05, 0) is 41.8 Å². The lowest BCUT2D eigenvalue weighted by molar-refractivity contribution is 0.627. The van der Waals surface area contributed by atoms with Gasteiger partial charge in [-0.3, -0.25) is 0 Å². The quantitative estimate of drug-likeness (QED) is 0.467. The molecule has 0 fully saturated rings. The van der Waals surface area contributed by atoms with Crippen LogP contribution >= 0.6 is 11.6 Å². The summed E-state index contributed by atoms with van der Waals surface area (Å²) >= 11 is 5.91. The molecule has 2 aromatic heterocycles. The van der Waals surface area contributed by atoms with Crippen molar-refractivity contribution in [2.75, 3.05) is 17.2 Å². The summed E-state index contributed by atoms with van der Waals surface area (Å²) in [6, 6.07) is 15.9. The number of nitriles is 1. The number of aromatic nitrogens is 4. The second kappa shape index (κ2) is 8.76. The molecule has 0 aliphatic carbocycles. The van der Waals surface area contributed by atoms with E-state index in [0.29, 0.717) is 47.6 Å². The SMILES string of the molecule is N#Cc1cnc2nc(NCc3ccc(Cl)cc3)nn2c1NCCc1ccc(F)cc1. The molecule has 0 radical (unpaired) electrons. The van der Waals surface area contributed by atoms with Crippen molar-refractivity contribution in [1.29, 1.82) is 5.26 Å². The predicted molar refractivity (Wildman–Crippen MR) is 113 cm³/mol. The van der Waals surface area contributed by atoms with Gasteiger partial charge in [0.15, 0.2) is 5.82 Å². The number of rotatable bonds is 7. The summed E-state index contributed by atoms with van der Waals surface area (Å²) in [6.45, 7) is 1.05. The molecule has 0 amide bonds. The van der Waals surface area contributed by atoms with E-state index in [9.17, 15) is 9.65 Å². The van der Waals surface area contributed by atoms with Crippen LogP contribution in [0.3, 0.4) is 0 Å². The Bertz CT molecular complexity index is 1200. The first kappa shape index (κ1) is 19.6. The van der Waals surface area contributed by atoms with E-state index in [0.717, 1.165) is 11.1 Å². The van der Waals surface area contributed by atoms with Crippen molar-refractivity contribution < 1.29 is 4.39 Å². The van der Waals surface area contributed by atoms with Crippen molar-refractivity contribution in [1.82, 2.24) is 19.6 Å². The van der Waals surface area contributed by atoms with E-state index >= 15 is 0 Å². The van der Waals surface area contributed by atoms with E-state index in [-0.39, 0.29) is 5.82 Å². The molecular weight excluding hydrogens is 405 g/mol. The molecule has 2 aromatic carbocycles. The Balaban J connectivity index is 1.50. The van der Waals surface area contributed by atoms with Crippen LogP contribution in [0.1, 0.15) is 16.7 Å². The van der Waals surface area contributed by atoms with Crippen LogP contribution in [0.2, 0.25) is 5.02 Å².